The fourth-order valence-electron chi connectivity index (χ4n) is 2.88. The van der Waals surface area contributed by atoms with Crippen molar-refractivity contribution in [3.05, 3.63) is 56.2 Å². The predicted octanol–water partition coefficient (Wildman–Crippen LogP) is 4.86. The van der Waals surface area contributed by atoms with Gasteiger partial charge in [-0.05, 0) is 60.4 Å². The lowest BCUT2D eigenvalue weighted by molar-refractivity contribution is 0.136. The van der Waals surface area contributed by atoms with Gasteiger partial charge in [0.2, 0.25) is 0 Å². The zero-order chi connectivity index (χ0) is 13.4. The molecule has 0 radical (unpaired) electrons. The summed E-state index contributed by atoms with van der Waals surface area (Å²) in [4.78, 5) is 1.44. The van der Waals surface area contributed by atoms with E-state index in [-0.39, 0.29) is 5.92 Å². The Morgan fingerprint density at radius 3 is 3.00 bits per heavy atom. The number of benzene rings is 1. The lowest BCUT2D eigenvalue weighted by Crippen LogP contribution is -2.15. The average Bonchev–Trinajstić information content (AvgIpc) is 2.89. The lowest BCUT2D eigenvalue weighted by Gasteiger charge is -2.27. The van der Waals surface area contributed by atoms with Crippen molar-refractivity contribution in [1.29, 1.82) is 0 Å². The van der Waals surface area contributed by atoms with Crippen LogP contribution in [0.25, 0.3) is 0 Å². The Morgan fingerprint density at radius 2 is 2.21 bits per heavy atom. The number of aryl methyl sites for hydroxylation is 2. The van der Waals surface area contributed by atoms with E-state index in [2.05, 4.69) is 11.4 Å². The second kappa shape index (κ2) is 5.28. The molecule has 1 nitrogen and oxygen atoms in total. The predicted molar refractivity (Wildman–Crippen MR) is 81.1 cm³/mol. The molecule has 3 rings (SSSR count). The summed E-state index contributed by atoms with van der Waals surface area (Å²) < 4.78 is 0. The highest BCUT2D eigenvalue weighted by molar-refractivity contribution is 7.10. The third-order valence-corrected chi connectivity index (χ3v) is 5.42. The second-order valence-corrected chi connectivity index (χ2v) is 6.66. The van der Waals surface area contributed by atoms with Crippen LogP contribution in [0.2, 0.25) is 5.02 Å². The molecule has 0 bridgehead atoms. The molecule has 19 heavy (non-hydrogen) atoms. The van der Waals surface area contributed by atoms with E-state index in [1.807, 2.05) is 36.5 Å². The normalized spacial score (nSPS) is 20.1. The molecular weight excluding hydrogens is 276 g/mol. The van der Waals surface area contributed by atoms with Crippen LogP contribution in [0.5, 0.6) is 0 Å². The van der Waals surface area contributed by atoms with Crippen LogP contribution in [-0.4, -0.2) is 5.11 Å². The third kappa shape index (κ3) is 2.45. The van der Waals surface area contributed by atoms with Crippen molar-refractivity contribution in [3.63, 3.8) is 0 Å². The van der Waals surface area contributed by atoms with Crippen LogP contribution in [0.15, 0.2) is 29.6 Å². The molecule has 1 aromatic carbocycles. The summed E-state index contributed by atoms with van der Waals surface area (Å²) in [6, 6.07) is 8.05. The van der Waals surface area contributed by atoms with Gasteiger partial charge in [-0.25, -0.2) is 0 Å². The molecule has 1 aliphatic rings. The highest BCUT2D eigenvalue weighted by Crippen LogP contribution is 2.42. The monoisotopic (exact) mass is 292 g/mol. The maximum atomic E-state index is 10.7. The standard InChI is InChI=1S/C16H17ClOS/c1-10-5-6-11(9-14(10)17)16(18)13-3-2-4-15-12(13)7-8-19-15/h5-9,13,16,18H,2-4H2,1H3. The van der Waals surface area contributed by atoms with Crippen molar-refractivity contribution >= 4 is 22.9 Å². The molecule has 1 N–H and O–H groups in total. The Labute approximate surface area is 122 Å². The number of halogens is 1. The minimum absolute atomic E-state index is 0.216. The topological polar surface area (TPSA) is 20.2 Å². The lowest BCUT2D eigenvalue weighted by atomic mass is 9.81. The van der Waals surface area contributed by atoms with E-state index in [0.29, 0.717) is 0 Å². The van der Waals surface area contributed by atoms with E-state index >= 15 is 0 Å². The van der Waals surface area contributed by atoms with Crippen LogP contribution in [0, 0.1) is 6.92 Å². The van der Waals surface area contributed by atoms with Gasteiger partial charge in [0.05, 0.1) is 6.10 Å². The number of aliphatic hydroxyl groups excluding tert-OH is 1. The van der Waals surface area contributed by atoms with Gasteiger partial charge in [0.1, 0.15) is 0 Å². The van der Waals surface area contributed by atoms with Crippen LogP contribution in [-0.2, 0) is 6.42 Å². The molecule has 0 saturated carbocycles. The fraction of sp³-hybridized carbons (Fsp3) is 0.375. The molecular formula is C16H17ClOS. The molecule has 2 unspecified atom stereocenters. The minimum Gasteiger partial charge on any atom is -0.388 e. The molecule has 1 aliphatic carbocycles. The van der Waals surface area contributed by atoms with Crippen LogP contribution in [0.1, 0.15) is 46.4 Å². The van der Waals surface area contributed by atoms with Crippen molar-refractivity contribution in [1.82, 2.24) is 0 Å². The van der Waals surface area contributed by atoms with Gasteiger partial charge in [-0.1, -0.05) is 23.7 Å². The first-order valence-electron chi connectivity index (χ1n) is 6.67. The Hall–Kier alpha value is -0.830. The van der Waals surface area contributed by atoms with E-state index in [9.17, 15) is 5.11 Å². The van der Waals surface area contributed by atoms with E-state index in [1.165, 1.54) is 10.4 Å². The maximum absolute atomic E-state index is 10.7. The first kappa shape index (κ1) is 13.2. The molecule has 0 saturated heterocycles. The number of hydrogen-bond donors (Lipinski definition) is 1. The summed E-state index contributed by atoms with van der Waals surface area (Å²) >= 11 is 7.98. The molecule has 0 aliphatic heterocycles. The van der Waals surface area contributed by atoms with Crippen molar-refractivity contribution in [3.8, 4) is 0 Å². The van der Waals surface area contributed by atoms with Crippen molar-refractivity contribution < 1.29 is 5.11 Å². The van der Waals surface area contributed by atoms with Crippen molar-refractivity contribution in [2.75, 3.05) is 0 Å². The summed E-state index contributed by atoms with van der Waals surface area (Å²) in [5.41, 5.74) is 3.32. The van der Waals surface area contributed by atoms with Gasteiger partial charge in [0.15, 0.2) is 0 Å². The van der Waals surface area contributed by atoms with Gasteiger partial charge >= 0.3 is 0 Å². The molecule has 0 amide bonds. The fourth-order valence-corrected chi connectivity index (χ4v) is 4.06. The molecule has 100 valence electrons. The molecule has 1 aromatic heterocycles. The first-order valence-corrected chi connectivity index (χ1v) is 7.93. The zero-order valence-corrected chi connectivity index (χ0v) is 12.5. The minimum atomic E-state index is -0.452. The van der Waals surface area contributed by atoms with Crippen LogP contribution >= 0.6 is 22.9 Å². The number of fused-ring (bicyclic) bond motifs is 1. The van der Waals surface area contributed by atoms with E-state index in [1.54, 1.807) is 0 Å². The summed E-state index contributed by atoms with van der Waals surface area (Å²) in [5, 5.41) is 13.5. The number of hydrogen-bond acceptors (Lipinski definition) is 2. The molecule has 2 atom stereocenters. The van der Waals surface area contributed by atoms with Gasteiger partial charge in [-0.3, -0.25) is 0 Å². The maximum Gasteiger partial charge on any atom is 0.0859 e. The van der Waals surface area contributed by atoms with Gasteiger partial charge in [-0.2, -0.15) is 0 Å². The summed E-state index contributed by atoms with van der Waals surface area (Å²) in [5.74, 6) is 0.216. The Morgan fingerprint density at radius 1 is 1.37 bits per heavy atom. The Kier molecular flexibility index (Phi) is 3.66. The van der Waals surface area contributed by atoms with Crippen molar-refractivity contribution in [2.24, 2.45) is 0 Å². The van der Waals surface area contributed by atoms with E-state index < -0.39 is 6.10 Å². The number of rotatable bonds is 2. The molecule has 3 heteroatoms. The smallest absolute Gasteiger partial charge is 0.0859 e. The van der Waals surface area contributed by atoms with Gasteiger partial charge in [0, 0.05) is 15.8 Å². The Balaban J connectivity index is 1.93. The zero-order valence-electron chi connectivity index (χ0n) is 10.9. The first-order chi connectivity index (χ1) is 9.16. The molecule has 1 heterocycles. The second-order valence-electron chi connectivity index (χ2n) is 5.25. The summed E-state index contributed by atoms with van der Waals surface area (Å²) in [7, 11) is 0. The molecule has 0 fully saturated rings. The molecule has 0 spiro atoms. The highest BCUT2D eigenvalue weighted by atomic mass is 35.5. The number of aliphatic hydroxyl groups is 1. The Bertz CT molecular complexity index is 590. The summed E-state index contributed by atoms with van der Waals surface area (Å²) in [6.07, 6.45) is 2.92. The summed E-state index contributed by atoms with van der Waals surface area (Å²) in [6.45, 7) is 1.98. The number of thiophene rings is 1. The van der Waals surface area contributed by atoms with Crippen LogP contribution in [0.3, 0.4) is 0 Å². The quantitative estimate of drug-likeness (QED) is 0.838. The van der Waals surface area contributed by atoms with Gasteiger partial charge in [-0.15, -0.1) is 11.3 Å². The van der Waals surface area contributed by atoms with Gasteiger partial charge < -0.3 is 5.11 Å². The van der Waals surface area contributed by atoms with E-state index in [0.717, 1.165) is 35.4 Å². The SMILES string of the molecule is Cc1ccc(C(O)C2CCCc3sccc32)cc1Cl. The van der Waals surface area contributed by atoms with Crippen molar-refractivity contribution in [2.45, 2.75) is 38.2 Å². The van der Waals surface area contributed by atoms with Crippen LogP contribution in [0.4, 0.5) is 0 Å². The van der Waals surface area contributed by atoms with Crippen LogP contribution < -0.4 is 0 Å². The largest absolute Gasteiger partial charge is 0.388 e. The van der Waals surface area contributed by atoms with E-state index in [4.69, 9.17) is 11.6 Å². The third-order valence-electron chi connectivity index (χ3n) is 4.02. The molecule has 2 aromatic rings. The highest BCUT2D eigenvalue weighted by Gasteiger charge is 2.28. The van der Waals surface area contributed by atoms with Gasteiger partial charge in [0.25, 0.3) is 0 Å². The average molecular weight is 293 g/mol.